The quantitative estimate of drug-likeness (QED) is 0.773. The first-order valence-electron chi connectivity index (χ1n) is 6.47. The molecule has 0 amide bonds. The summed E-state index contributed by atoms with van der Waals surface area (Å²) >= 11 is 0. The van der Waals surface area contributed by atoms with E-state index in [2.05, 4.69) is 36.0 Å². The van der Waals surface area contributed by atoms with Crippen LogP contribution in [0, 0.1) is 6.92 Å². The molecule has 0 N–H and O–H groups in total. The number of pyridine rings is 1. The highest BCUT2D eigenvalue weighted by molar-refractivity contribution is 5.25. The van der Waals surface area contributed by atoms with E-state index in [1.165, 1.54) is 49.9 Å². The van der Waals surface area contributed by atoms with Gasteiger partial charge in [-0.25, -0.2) is 0 Å². The minimum atomic E-state index is 0.613. The fourth-order valence-electron chi connectivity index (χ4n) is 2.72. The molecule has 0 aliphatic carbocycles. The predicted octanol–water partition coefficient (Wildman–Crippen LogP) is 3.33. The number of piperidine rings is 1. The van der Waals surface area contributed by atoms with E-state index >= 15 is 0 Å². The van der Waals surface area contributed by atoms with Gasteiger partial charge in [0, 0.05) is 18.4 Å². The Morgan fingerprint density at radius 3 is 3.06 bits per heavy atom. The monoisotopic (exact) mass is 218 g/mol. The highest BCUT2D eigenvalue weighted by Crippen LogP contribution is 2.31. The third kappa shape index (κ3) is 2.43. The summed E-state index contributed by atoms with van der Waals surface area (Å²) in [5.74, 6) is 0. The Balaban J connectivity index is 2.19. The fourth-order valence-corrected chi connectivity index (χ4v) is 2.72. The molecule has 0 unspecified atom stereocenters. The van der Waals surface area contributed by atoms with Gasteiger partial charge in [-0.2, -0.15) is 0 Å². The Kier molecular flexibility index (Phi) is 3.94. The van der Waals surface area contributed by atoms with E-state index in [9.17, 15) is 0 Å². The second-order valence-electron chi connectivity index (χ2n) is 4.78. The van der Waals surface area contributed by atoms with Gasteiger partial charge in [0.05, 0.1) is 0 Å². The summed E-state index contributed by atoms with van der Waals surface area (Å²) in [6.07, 6.45) is 9.22. The van der Waals surface area contributed by atoms with Gasteiger partial charge in [0.15, 0.2) is 0 Å². The normalized spacial score (nSPS) is 22.2. The Morgan fingerprint density at radius 1 is 1.44 bits per heavy atom. The molecule has 0 bridgehead atoms. The molecule has 0 aromatic carbocycles. The summed E-state index contributed by atoms with van der Waals surface area (Å²) < 4.78 is 0. The van der Waals surface area contributed by atoms with E-state index in [0.29, 0.717) is 6.04 Å². The van der Waals surface area contributed by atoms with Crippen molar-refractivity contribution in [3.63, 3.8) is 0 Å². The Bertz CT molecular complexity index is 333. The van der Waals surface area contributed by atoms with E-state index in [1.807, 2.05) is 6.20 Å². The zero-order chi connectivity index (χ0) is 11.4. The van der Waals surface area contributed by atoms with Crippen LogP contribution in [0.2, 0.25) is 0 Å². The largest absolute Gasteiger partial charge is 0.296 e. The van der Waals surface area contributed by atoms with Crippen molar-refractivity contribution >= 4 is 0 Å². The van der Waals surface area contributed by atoms with E-state index in [4.69, 9.17) is 0 Å². The van der Waals surface area contributed by atoms with Crippen LogP contribution in [-0.2, 0) is 0 Å². The molecule has 0 spiro atoms. The van der Waals surface area contributed by atoms with Crippen molar-refractivity contribution in [2.24, 2.45) is 0 Å². The van der Waals surface area contributed by atoms with Crippen molar-refractivity contribution < 1.29 is 0 Å². The molecule has 1 aromatic rings. The molecule has 2 heterocycles. The molecule has 1 fully saturated rings. The number of rotatable bonds is 3. The molecule has 1 aliphatic heterocycles. The summed E-state index contributed by atoms with van der Waals surface area (Å²) in [7, 11) is 0. The second kappa shape index (κ2) is 5.44. The molecule has 0 radical (unpaired) electrons. The molecular weight excluding hydrogens is 196 g/mol. The molecule has 1 aliphatic rings. The maximum absolute atomic E-state index is 4.29. The lowest BCUT2D eigenvalue weighted by atomic mass is 9.93. The van der Waals surface area contributed by atoms with E-state index in [1.54, 1.807) is 0 Å². The maximum atomic E-state index is 4.29. The topological polar surface area (TPSA) is 16.1 Å². The first-order valence-corrected chi connectivity index (χ1v) is 6.47. The highest BCUT2D eigenvalue weighted by atomic mass is 15.2. The number of nitrogens with zero attached hydrogens (tertiary/aromatic N) is 2. The number of aryl methyl sites for hydroxylation is 1. The SMILES string of the molecule is CCCN1CCCC[C@H]1c1cnccc1C. The first-order chi connectivity index (χ1) is 7.83. The van der Waals surface area contributed by atoms with Crippen molar-refractivity contribution in [1.29, 1.82) is 0 Å². The van der Waals surface area contributed by atoms with Gasteiger partial charge in [0.1, 0.15) is 0 Å². The molecule has 1 atom stereocenters. The maximum Gasteiger partial charge on any atom is 0.0366 e. The zero-order valence-electron chi connectivity index (χ0n) is 10.4. The molecule has 2 rings (SSSR count). The molecule has 2 heteroatoms. The van der Waals surface area contributed by atoms with E-state index in [-0.39, 0.29) is 0 Å². The van der Waals surface area contributed by atoms with Crippen LogP contribution in [0.15, 0.2) is 18.5 Å². The third-order valence-electron chi connectivity index (χ3n) is 3.56. The molecule has 1 aromatic heterocycles. The van der Waals surface area contributed by atoms with Crippen molar-refractivity contribution in [3.05, 3.63) is 29.6 Å². The van der Waals surface area contributed by atoms with Crippen LogP contribution in [-0.4, -0.2) is 23.0 Å². The Hall–Kier alpha value is -0.890. The summed E-state index contributed by atoms with van der Waals surface area (Å²) in [5, 5.41) is 0. The number of hydrogen-bond acceptors (Lipinski definition) is 2. The molecule has 88 valence electrons. The van der Waals surface area contributed by atoms with Gasteiger partial charge < -0.3 is 0 Å². The van der Waals surface area contributed by atoms with Gasteiger partial charge in [-0.15, -0.1) is 0 Å². The van der Waals surface area contributed by atoms with Crippen LogP contribution in [0.4, 0.5) is 0 Å². The molecule has 16 heavy (non-hydrogen) atoms. The minimum absolute atomic E-state index is 0.613. The van der Waals surface area contributed by atoms with E-state index < -0.39 is 0 Å². The van der Waals surface area contributed by atoms with Crippen molar-refractivity contribution in [3.8, 4) is 0 Å². The van der Waals surface area contributed by atoms with Gasteiger partial charge in [0.2, 0.25) is 0 Å². The van der Waals surface area contributed by atoms with Gasteiger partial charge in [-0.3, -0.25) is 9.88 Å². The van der Waals surface area contributed by atoms with Crippen molar-refractivity contribution in [2.75, 3.05) is 13.1 Å². The lowest BCUT2D eigenvalue weighted by molar-refractivity contribution is 0.148. The average molecular weight is 218 g/mol. The third-order valence-corrected chi connectivity index (χ3v) is 3.56. The summed E-state index contributed by atoms with van der Waals surface area (Å²) in [6, 6.07) is 2.75. The number of aromatic nitrogens is 1. The smallest absolute Gasteiger partial charge is 0.0366 e. The van der Waals surface area contributed by atoms with Gasteiger partial charge in [0.25, 0.3) is 0 Å². The fraction of sp³-hybridized carbons (Fsp3) is 0.643. The summed E-state index contributed by atoms with van der Waals surface area (Å²) in [6.45, 7) is 6.95. The van der Waals surface area contributed by atoms with Crippen LogP contribution in [0.3, 0.4) is 0 Å². The standard InChI is InChI=1S/C14H22N2/c1-3-9-16-10-5-4-6-14(16)13-11-15-8-7-12(13)2/h7-8,11,14H,3-6,9-10H2,1-2H3/t14-/m0/s1. The predicted molar refractivity (Wildman–Crippen MR) is 67.4 cm³/mol. The van der Waals surface area contributed by atoms with Gasteiger partial charge >= 0.3 is 0 Å². The van der Waals surface area contributed by atoms with E-state index in [0.717, 1.165) is 0 Å². The number of likely N-dealkylation sites (tertiary alicyclic amines) is 1. The molecule has 2 nitrogen and oxygen atoms in total. The van der Waals surface area contributed by atoms with Gasteiger partial charge in [-0.05, 0) is 56.5 Å². The summed E-state index contributed by atoms with van der Waals surface area (Å²) in [5.41, 5.74) is 2.83. The Morgan fingerprint density at radius 2 is 2.31 bits per heavy atom. The Labute approximate surface area is 98.7 Å². The van der Waals surface area contributed by atoms with Crippen LogP contribution >= 0.6 is 0 Å². The summed E-state index contributed by atoms with van der Waals surface area (Å²) in [4.78, 5) is 6.92. The molecule has 1 saturated heterocycles. The lowest BCUT2D eigenvalue weighted by Crippen LogP contribution is -2.34. The second-order valence-corrected chi connectivity index (χ2v) is 4.78. The van der Waals surface area contributed by atoms with Crippen LogP contribution in [0.1, 0.15) is 49.8 Å². The van der Waals surface area contributed by atoms with Gasteiger partial charge in [-0.1, -0.05) is 13.3 Å². The zero-order valence-corrected chi connectivity index (χ0v) is 10.4. The highest BCUT2D eigenvalue weighted by Gasteiger charge is 2.24. The van der Waals surface area contributed by atoms with Crippen molar-refractivity contribution in [2.45, 2.75) is 45.6 Å². The van der Waals surface area contributed by atoms with Crippen LogP contribution < -0.4 is 0 Å². The molecule has 0 saturated carbocycles. The average Bonchev–Trinajstić information content (AvgIpc) is 2.31. The minimum Gasteiger partial charge on any atom is -0.296 e. The molecular formula is C14H22N2. The lowest BCUT2D eigenvalue weighted by Gasteiger charge is -2.36. The number of hydrogen-bond donors (Lipinski definition) is 0. The first kappa shape index (κ1) is 11.6. The van der Waals surface area contributed by atoms with Crippen LogP contribution in [0.5, 0.6) is 0 Å². The van der Waals surface area contributed by atoms with Crippen LogP contribution in [0.25, 0.3) is 0 Å². The van der Waals surface area contributed by atoms with Crippen molar-refractivity contribution in [1.82, 2.24) is 9.88 Å².